The molecule has 2 atom stereocenters. The van der Waals surface area contributed by atoms with Gasteiger partial charge in [-0.2, -0.15) is 0 Å². The molecule has 1 heterocycles. The van der Waals surface area contributed by atoms with E-state index in [1.165, 1.54) is 11.1 Å². The molecule has 1 amide bonds. The van der Waals surface area contributed by atoms with Gasteiger partial charge in [0.15, 0.2) is 0 Å². The number of hydrogen-bond acceptors (Lipinski definition) is 2. The van der Waals surface area contributed by atoms with Crippen LogP contribution in [0.4, 0.5) is 0 Å². The quantitative estimate of drug-likeness (QED) is 0.872. The molecule has 1 fully saturated rings. The second-order valence-electron chi connectivity index (χ2n) is 5.42. The van der Waals surface area contributed by atoms with Crippen LogP contribution in [0.2, 0.25) is 0 Å². The number of rotatable bonds is 4. The Kier molecular flexibility index (Phi) is 4.97. The number of hydrogen-bond donors (Lipinski definition) is 2. The third kappa shape index (κ3) is 3.80. The zero-order valence-corrected chi connectivity index (χ0v) is 11.9. The summed E-state index contributed by atoms with van der Waals surface area (Å²) in [6.45, 7) is 5.77. The molecule has 104 valence electrons. The Labute approximate surface area is 115 Å². The second-order valence-corrected chi connectivity index (χ2v) is 5.42. The summed E-state index contributed by atoms with van der Waals surface area (Å²) in [7, 11) is 0. The van der Waals surface area contributed by atoms with E-state index in [2.05, 4.69) is 42.7 Å². The summed E-state index contributed by atoms with van der Waals surface area (Å²) in [5.74, 6) is 0.315. The fourth-order valence-corrected chi connectivity index (χ4v) is 2.62. The molecule has 0 bridgehead atoms. The molecule has 2 unspecified atom stereocenters. The van der Waals surface area contributed by atoms with Gasteiger partial charge in [0, 0.05) is 19.1 Å². The molecule has 0 aromatic heterocycles. The minimum Gasteiger partial charge on any atom is -0.352 e. The summed E-state index contributed by atoms with van der Waals surface area (Å²) < 4.78 is 0. The van der Waals surface area contributed by atoms with Crippen molar-refractivity contribution in [3.63, 3.8) is 0 Å². The Morgan fingerprint density at radius 3 is 2.68 bits per heavy atom. The maximum atomic E-state index is 12.1. The van der Waals surface area contributed by atoms with E-state index in [-0.39, 0.29) is 11.8 Å². The van der Waals surface area contributed by atoms with Crippen molar-refractivity contribution in [1.82, 2.24) is 10.6 Å². The first-order valence-electron chi connectivity index (χ1n) is 7.28. The normalized spacial score (nSPS) is 23.1. The molecule has 2 rings (SSSR count). The molecular weight excluding hydrogens is 236 g/mol. The van der Waals surface area contributed by atoms with Gasteiger partial charge in [0.2, 0.25) is 5.91 Å². The van der Waals surface area contributed by atoms with Crippen LogP contribution in [0.3, 0.4) is 0 Å². The summed E-state index contributed by atoms with van der Waals surface area (Å²) in [6, 6.07) is 8.86. The van der Waals surface area contributed by atoms with Crippen LogP contribution < -0.4 is 10.6 Å². The van der Waals surface area contributed by atoms with Gasteiger partial charge in [-0.1, -0.05) is 31.2 Å². The van der Waals surface area contributed by atoms with E-state index in [1.54, 1.807) is 0 Å². The third-order valence-corrected chi connectivity index (χ3v) is 3.98. The van der Waals surface area contributed by atoms with Crippen molar-refractivity contribution in [2.75, 3.05) is 6.54 Å². The number of amides is 1. The number of benzene rings is 1. The molecule has 1 saturated heterocycles. The van der Waals surface area contributed by atoms with Crippen LogP contribution in [0.1, 0.15) is 37.8 Å². The minimum absolute atomic E-state index is 0.130. The van der Waals surface area contributed by atoms with Crippen LogP contribution >= 0.6 is 0 Å². The number of nitrogens with one attached hydrogen (secondary N) is 2. The molecule has 0 spiro atoms. The molecule has 3 heteroatoms. The standard InChI is InChI=1S/C16H24N2O/c1-3-13-6-4-5-7-14(13)10-18-16(19)15-9-8-12(2)17-11-15/h4-7,12,15,17H,3,8-11H2,1-2H3,(H,18,19). The van der Waals surface area contributed by atoms with Crippen molar-refractivity contribution in [1.29, 1.82) is 0 Å². The van der Waals surface area contributed by atoms with Crippen LogP contribution in [0, 0.1) is 5.92 Å². The first-order chi connectivity index (χ1) is 9.20. The van der Waals surface area contributed by atoms with Crippen molar-refractivity contribution < 1.29 is 4.79 Å². The first kappa shape index (κ1) is 14.1. The summed E-state index contributed by atoms with van der Waals surface area (Å²) >= 11 is 0. The monoisotopic (exact) mass is 260 g/mol. The highest BCUT2D eigenvalue weighted by molar-refractivity contribution is 5.79. The fourth-order valence-electron chi connectivity index (χ4n) is 2.62. The lowest BCUT2D eigenvalue weighted by atomic mass is 9.94. The molecule has 3 nitrogen and oxygen atoms in total. The van der Waals surface area contributed by atoms with Crippen LogP contribution in [0.15, 0.2) is 24.3 Å². The van der Waals surface area contributed by atoms with Gasteiger partial charge in [-0.25, -0.2) is 0 Å². The summed E-state index contributed by atoms with van der Waals surface area (Å²) in [5.41, 5.74) is 2.55. The SMILES string of the molecule is CCc1ccccc1CNC(=O)C1CCC(C)NC1. The van der Waals surface area contributed by atoms with Gasteiger partial charge in [-0.15, -0.1) is 0 Å². The summed E-state index contributed by atoms with van der Waals surface area (Å²) in [5, 5.41) is 6.45. The molecular formula is C16H24N2O. The number of aryl methyl sites for hydroxylation is 1. The predicted molar refractivity (Wildman–Crippen MR) is 77.9 cm³/mol. The Morgan fingerprint density at radius 1 is 1.32 bits per heavy atom. The molecule has 2 N–H and O–H groups in total. The van der Waals surface area contributed by atoms with Crippen molar-refractivity contribution in [2.24, 2.45) is 5.92 Å². The Morgan fingerprint density at radius 2 is 2.05 bits per heavy atom. The van der Waals surface area contributed by atoms with Gasteiger partial charge in [-0.05, 0) is 37.3 Å². The maximum absolute atomic E-state index is 12.1. The lowest BCUT2D eigenvalue weighted by Gasteiger charge is -2.26. The van der Waals surface area contributed by atoms with Crippen molar-refractivity contribution in [3.05, 3.63) is 35.4 Å². The molecule has 1 aromatic rings. The molecule has 0 radical (unpaired) electrons. The average molecular weight is 260 g/mol. The highest BCUT2D eigenvalue weighted by atomic mass is 16.1. The van der Waals surface area contributed by atoms with E-state index >= 15 is 0 Å². The molecule has 0 aliphatic carbocycles. The fraction of sp³-hybridized carbons (Fsp3) is 0.562. The van der Waals surface area contributed by atoms with Gasteiger partial charge >= 0.3 is 0 Å². The lowest BCUT2D eigenvalue weighted by molar-refractivity contribution is -0.125. The van der Waals surface area contributed by atoms with Crippen LogP contribution in [0.5, 0.6) is 0 Å². The zero-order chi connectivity index (χ0) is 13.7. The Bertz CT molecular complexity index is 423. The van der Waals surface area contributed by atoms with E-state index in [1.807, 2.05) is 6.07 Å². The van der Waals surface area contributed by atoms with Gasteiger partial charge in [0.1, 0.15) is 0 Å². The first-order valence-corrected chi connectivity index (χ1v) is 7.28. The lowest BCUT2D eigenvalue weighted by Crippen LogP contribution is -2.43. The maximum Gasteiger partial charge on any atom is 0.224 e. The van der Waals surface area contributed by atoms with E-state index in [4.69, 9.17) is 0 Å². The van der Waals surface area contributed by atoms with E-state index in [9.17, 15) is 4.79 Å². The van der Waals surface area contributed by atoms with E-state index in [0.717, 1.165) is 25.8 Å². The van der Waals surface area contributed by atoms with Crippen molar-refractivity contribution in [2.45, 2.75) is 45.7 Å². The van der Waals surface area contributed by atoms with Gasteiger partial charge in [-0.3, -0.25) is 4.79 Å². The van der Waals surface area contributed by atoms with E-state index < -0.39 is 0 Å². The van der Waals surface area contributed by atoms with Crippen LogP contribution in [0.25, 0.3) is 0 Å². The number of carbonyl (C=O) groups excluding carboxylic acids is 1. The van der Waals surface area contributed by atoms with Gasteiger partial charge < -0.3 is 10.6 Å². The van der Waals surface area contributed by atoms with Crippen LogP contribution in [-0.2, 0) is 17.8 Å². The molecule has 0 saturated carbocycles. The summed E-state index contributed by atoms with van der Waals surface area (Å²) in [4.78, 5) is 12.1. The number of carbonyl (C=O) groups is 1. The zero-order valence-electron chi connectivity index (χ0n) is 11.9. The van der Waals surface area contributed by atoms with E-state index in [0.29, 0.717) is 12.6 Å². The largest absolute Gasteiger partial charge is 0.352 e. The molecule has 1 aliphatic heterocycles. The summed E-state index contributed by atoms with van der Waals surface area (Å²) in [6.07, 6.45) is 3.09. The molecule has 19 heavy (non-hydrogen) atoms. The highest BCUT2D eigenvalue weighted by Gasteiger charge is 2.23. The Balaban J connectivity index is 1.86. The smallest absolute Gasteiger partial charge is 0.224 e. The Hall–Kier alpha value is -1.35. The van der Waals surface area contributed by atoms with Crippen molar-refractivity contribution in [3.8, 4) is 0 Å². The van der Waals surface area contributed by atoms with Crippen LogP contribution in [-0.4, -0.2) is 18.5 Å². The average Bonchev–Trinajstić information content (AvgIpc) is 2.45. The second kappa shape index (κ2) is 6.71. The highest BCUT2D eigenvalue weighted by Crippen LogP contribution is 2.15. The third-order valence-electron chi connectivity index (χ3n) is 3.98. The van der Waals surface area contributed by atoms with Gasteiger partial charge in [0.25, 0.3) is 0 Å². The topological polar surface area (TPSA) is 41.1 Å². The van der Waals surface area contributed by atoms with Crippen molar-refractivity contribution >= 4 is 5.91 Å². The number of piperidine rings is 1. The molecule has 1 aromatic carbocycles. The predicted octanol–water partition coefficient (Wildman–Crippen LogP) is 2.25. The minimum atomic E-state index is 0.130. The van der Waals surface area contributed by atoms with Gasteiger partial charge in [0.05, 0.1) is 5.92 Å². The molecule has 1 aliphatic rings.